The molecule has 1 rings (SSSR count). The van der Waals surface area contributed by atoms with Gasteiger partial charge in [0.05, 0.1) is 12.7 Å². The third-order valence-corrected chi connectivity index (χ3v) is 2.51. The lowest BCUT2D eigenvalue weighted by atomic mass is 10.3. The lowest BCUT2D eigenvalue weighted by Gasteiger charge is -2.06. The predicted molar refractivity (Wildman–Crippen MR) is 48.2 cm³/mol. The topological polar surface area (TPSA) is 87.7 Å². The van der Waals surface area contributed by atoms with E-state index in [1.165, 1.54) is 6.26 Å². The third-order valence-electron chi connectivity index (χ3n) is 1.39. The van der Waals surface area contributed by atoms with Gasteiger partial charge in [-0.25, -0.2) is 0 Å². The summed E-state index contributed by atoms with van der Waals surface area (Å²) in [7, 11) is 0. The summed E-state index contributed by atoms with van der Waals surface area (Å²) in [6.45, 7) is 0. The van der Waals surface area contributed by atoms with Crippen LogP contribution in [0.3, 0.4) is 0 Å². The number of carboxylic acids is 2. The van der Waals surface area contributed by atoms with Gasteiger partial charge < -0.3 is 14.6 Å². The second kappa shape index (κ2) is 4.71. The van der Waals surface area contributed by atoms with Crippen molar-refractivity contribution in [1.82, 2.24) is 0 Å². The molecule has 0 bridgehead atoms. The smallest absolute Gasteiger partial charge is 0.317 e. The largest absolute Gasteiger partial charge is 0.481 e. The molecule has 0 saturated heterocycles. The summed E-state index contributed by atoms with van der Waals surface area (Å²) in [5.74, 6) is -2.30. The van der Waals surface area contributed by atoms with Crippen molar-refractivity contribution in [3.8, 4) is 0 Å². The Kier molecular flexibility index (Phi) is 3.58. The summed E-state index contributed by atoms with van der Waals surface area (Å²) in [5, 5.41) is 16.5. The standard InChI is InChI=1S/C8H8O5S/c9-6(10)4-5(8(11)12)14-7-2-1-3-13-7/h1-3,5H,4H2,(H,9,10)(H,11,12). The number of hydrogen-bond donors (Lipinski definition) is 2. The SMILES string of the molecule is O=C(O)CC(Sc1ccco1)C(=O)O. The van der Waals surface area contributed by atoms with Crippen LogP contribution in [-0.4, -0.2) is 27.4 Å². The van der Waals surface area contributed by atoms with E-state index in [1.54, 1.807) is 12.1 Å². The first-order valence-corrected chi connectivity index (χ1v) is 4.62. The number of carboxylic acid groups (broad SMARTS) is 2. The van der Waals surface area contributed by atoms with Crippen LogP contribution in [0.5, 0.6) is 0 Å². The number of carbonyl (C=O) groups is 2. The average molecular weight is 216 g/mol. The molecule has 0 saturated carbocycles. The van der Waals surface area contributed by atoms with E-state index in [2.05, 4.69) is 0 Å². The summed E-state index contributed by atoms with van der Waals surface area (Å²) in [5.41, 5.74) is 0. The number of thioether (sulfide) groups is 1. The third kappa shape index (κ3) is 3.14. The first kappa shape index (κ1) is 10.6. The molecule has 5 nitrogen and oxygen atoms in total. The van der Waals surface area contributed by atoms with Crippen LogP contribution in [0.15, 0.2) is 27.9 Å². The zero-order valence-corrected chi connectivity index (χ0v) is 7.86. The molecule has 0 aliphatic heterocycles. The highest BCUT2D eigenvalue weighted by Gasteiger charge is 2.23. The van der Waals surface area contributed by atoms with E-state index in [4.69, 9.17) is 14.6 Å². The van der Waals surface area contributed by atoms with Gasteiger partial charge in [0, 0.05) is 0 Å². The molecule has 2 N–H and O–H groups in total. The molecular formula is C8H8O5S. The Labute approximate surface area is 83.7 Å². The molecule has 1 unspecified atom stereocenters. The molecule has 14 heavy (non-hydrogen) atoms. The van der Waals surface area contributed by atoms with E-state index in [9.17, 15) is 9.59 Å². The van der Waals surface area contributed by atoms with Gasteiger partial charge in [0.15, 0.2) is 5.09 Å². The minimum absolute atomic E-state index is 0.402. The molecule has 1 aromatic heterocycles. The number of furan rings is 1. The lowest BCUT2D eigenvalue weighted by molar-refractivity contribution is -0.142. The highest BCUT2D eigenvalue weighted by atomic mass is 32.2. The van der Waals surface area contributed by atoms with E-state index >= 15 is 0 Å². The summed E-state index contributed by atoms with van der Waals surface area (Å²) < 4.78 is 4.90. The van der Waals surface area contributed by atoms with Crippen LogP contribution in [0.25, 0.3) is 0 Å². The van der Waals surface area contributed by atoms with Crippen LogP contribution < -0.4 is 0 Å². The van der Waals surface area contributed by atoms with Gasteiger partial charge in [-0.05, 0) is 12.1 Å². The zero-order chi connectivity index (χ0) is 10.6. The van der Waals surface area contributed by atoms with Crippen LogP contribution in [0.1, 0.15) is 6.42 Å². The van der Waals surface area contributed by atoms with Crippen LogP contribution in [0.2, 0.25) is 0 Å². The Hall–Kier alpha value is -1.43. The van der Waals surface area contributed by atoms with Crippen molar-refractivity contribution < 1.29 is 24.2 Å². The molecule has 0 radical (unpaired) electrons. The predicted octanol–water partition coefficient (Wildman–Crippen LogP) is 1.30. The maximum atomic E-state index is 10.6. The second-order valence-electron chi connectivity index (χ2n) is 2.47. The molecule has 0 fully saturated rings. The van der Waals surface area contributed by atoms with Gasteiger partial charge in [0.2, 0.25) is 0 Å². The highest BCUT2D eigenvalue weighted by Crippen LogP contribution is 2.25. The Bertz CT molecular complexity index is 318. The van der Waals surface area contributed by atoms with Gasteiger partial charge in [0.25, 0.3) is 0 Å². The molecule has 0 spiro atoms. The van der Waals surface area contributed by atoms with Crippen molar-refractivity contribution in [3.05, 3.63) is 18.4 Å². The van der Waals surface area contributed by atoms with Gasteiger partial charge in [-0.3, -0.25) is 9.59 Å². The van der Waals surface area contributed by atoms with Crippen LogP contribution in [0, 0.1) is 0 Å². The van der Waals surface area contributed by atoms with Gasteiger partial charge >= 0.3 is 11.9 Å². The van der Waals surface area contributed by atoms with E-state index in [-0.39, 0.29) is 0 Å². The molecule has 0 amide bonds. The van der Waals surface area contributed by atoms with Crippen molar-refractivity contribution in [2.45, 2.75) is 16.8 Å². The fourth-order valence-electron chi connectivity index (χ4n) is 0.809. The van der Waals surface area contributed by atoms with Crippen molar-refractivity contribution >= 4 is 23.7 Å². The molecule has 0 aromatic carbocycles. The minimum Gasteiger partial charge on any atom is -0.481 e. The van der Waals surface area contributed by atoms with Gasteiger partial charge in [-0.2, -0.15) is 0 Å². The fraction of sp³-hybridized carbons (Fsp3) is 0.250. The van der Waals surface area contributed by atoms with Crippen molar-refractivity contribution in [2.75, 3.05) is 0 Å². The van der Waals surface area contributed by atoms with E-state index in [1.807, 2.05) is 0 Å². The number of hydrogen-bond acceptors (Lipinski definition) is 4. The summed E-state index contributed by atoms with van der Waals surface area (Å²) in [4.78, 5) is 21.0. The van der Waals surface area contributed by atoms with Crippen LogP contribution in [-0.2, 0) is 9.59 Å². The van der Waals surface area contributed by atoms with Crippen molar-refractivity contribution in [1.29, 1.82) is 0 Å². The fourth-order valence-corrected chi connectivity index (χ4v) is 1.68. The number of rotatable bonds is 5. The quantitative estimate of drug-likeness (QED) is 0.721. The molecule has 1 heterocycles. The maximum absolute atomic E-state index is 10.6. The molecule has 1 aromatic rings. The van der Waals surface area contributed by atoms with Crippen molar-refractivity contribution in [2.24, 2.45) is 0 Å². The van der Waals surface area contributed by atoms with Crippen molar-refractivity contribution in [3.63, 3.8) is 0 Å². The van der Waals surface area contributed by atoms with Crippen LogP contribution in [0.4, 0.5) is 0 Å². The van der Waals surface area contributed by atoms with Gasteiger partial charge in [-0.15, -0.1) is 0 Å². The van der Waals surface area contributed by atoms with E-state index < -0.39 is 23.6 Å². The second-order valence-corrected chi connectivity index (χ2v) is 3.68. The Balaban J connectivity index is 2.60. The number of aliphatic carboxylic acids is 2. The molecule has 0 aliphatic rings. The average Bonchev–Trinajstić information content (AvgIpc) is 2.54. The van der Waals surface area contributed by atoms with E-state index in [0.717, 1.165) is 11.8 Å². The maximum Gasteiger partial charge on any atom is 0.317 e. The highest BCUT2D eigenvalue weighted by molar-refractivity contribution is 8.00. The lowest BCUT2D eigenvalue weighted by Crippen LogP contribution is -2.19. The molecular weight excluding hydrogens is 208 g/mol. The van der Waals surface area contributed by atoms with E-state index in [0.29, 0.717) is 5.09 Å². The van der Waals surface area contributed by atoms with Gasteiger partial charge in [-0.1, -0.05) is 11.8 Å². The molecule has 0 aliphatic carbocycles. The minimum atomic E-state index is -1.16. The summed E-state index contributed by atoms with van der Waals surface area (Å²) >= 11 is 0.885. The monoisotopic (exact) mass is 216 g/mol. The zero-order valence-electron chi connectivity index (χ0n) is 7.04. The summed E-state index contributed by atoms with van der Waals surface area (Å²) in [6, 6.07) is 3.20. The Morgan fingerprint density at radius 2 is 2.21 bits per heavy atom. The molecule has 76 valence electrons. The normalized spacial score (nSPS) is 12.3. The Morgan fingerprint density at radius 1 is 1.50 bits per heavy atom. The molecule has 1 atom stereocenters. The molecule has 6 heteroatoms. The van der Waals surface area contributed by atoms with Crippen LogP contribution >= 0.6 is 11.8 Å². The Morgan fingerprint density at radius 3 is 2.64 bits per heavy atom. The summed E-state index contributed by atoms with van der Waals surface area (Å²) in [6.07, 6.45) is 0.975. The van der Waals surface area contributed by atoms with Gasteiger partial charge in [0.1, 0.15) is 5.25 Å². The first-order valence-electron chi connectivity index (χ1n) is 3.74. The first-order chi connectivity index (χ1) is 6.59.